The average Bonchev–Trinajstić information content (AvgIpc) is 1.87. The summed E-state index contributed by atoms with van der Waals surface area (Å²) in [5.41, 5.74) is -1.84. The first-order valence-electron chi connectivity index (χ1n) is 3.33. The van der Waals surface area contributed by atoms with E-state index in [0.717, 1.165) is 5.75 Å². The van der Waals surface area contributed by atoms with E-state index in [9.17, 15) is 13.9 Å². The largest absolute Gasteiger partial charge is 0.382 e. The van der Waals surface area contributed by atoms with E-state index in [1.807, 2.05) is 0 Å². The van der Waals surface area contributed by atoms with Crippen LogP contribution in [0.25, 0.3) is 0 Å². The molecule has 0 radical (unpaired) electrons. The van der Waals surface area contributed by atoms with Crippen LogP contribution in [-0.4, -0.2) is 27.0 Å². The predicted octanol–water partition coefficient (Wildman–Crippen LogP) is 2.23. The normalized spacial score (nSPS) is 33.8. The second-order valence-electron chi connectivity index (χ2n) is 2.69. The molecule has 1 atom stereocenters. The van der Waals surface area contributed by atoms with Gasteiger partial charge in [0.25, 0.3) is 0 Å². The highest BCUT2D eigenvalue weighted by molar-refractivity contribution is 9.10. The van der Waals surface area contributed by atoms with E-state index in [1.54, 1.807) is 0 Å². The Morgan fingerprint density at radius 1 is 1.55 bits per heavy atom. The van der Waals surface area contributed by atoms with Crippen LogP contribution in [0.5, 0.6) is 0 Å². The Bertz CT molecular complexity index is 142. The number of rotatable bonds is 1. The number of aliphatic hydroxyl groups is 1. The molecule has 0 aromatic heterocycles. The number of halogens is 3. The first-order chi connectivity index (χ1) is 4.96. The van der Waals surface area contributed by atoms with E-state index in [2.05, 4.69) is 15.9 Å². The van der Waals surface area contributed by atoms with Gasteiger partial charge in [0.2, 0.25) is 0 Å². The molecule has 1 N–H and O–H groups in total. The number of hydrogen-bond donors (Lipinski definition) is 1. The van der Waals surface area contributed by atoms with Crippen LogP contribution >= 0.6 is 27.7 Å². The summed E-state index contributed by atoms with van der Waals surface area (Å²) in [6, 6.07) is 0. The molecule has 1 unspecified atom stereocenters. The second kappa shape index (κ2) is 3.18. The van der Waals surface area contributed by atoms with E-state index in [0.29, 0.717) is 6.42 Å². The standard InChI is InChI=1S/C6H9BrF2OS/c7-6(8,9)5(10)2-1-3-11-4-5/h10H,1-4H2. The van der Waals surface area contributed by atoms with Gasteiger partial charge >= 0.3 is 4.83 Å². The topological polar surface area (TPSA) is 20.2 Å². The van der Waals surface area contributed by atoms with Gasteiger partial charge in [-0.1, -0.05) is 0 Å². The molecule has 1 heterocycles. The third-order valence-corrected chi connectivity index (χ3v) is 3.74. The van der Waals surface area contributed by atoms with Gasteiger partial charge in [0.05, 0.1) is 0 Å². The fourth-order valence-corrected chi connectivity index (χ4v) is 2.68. The summed E-state index contributed by atoms with van der Waals surface area (Å²) in [6.45, 7) is 0. The molecule has 0 amide bonds. The van der Waals surface area contributed by atoms with Crippen molar-refractivity contribution in [2.45, 2.75) is 23.3 Å². The first kappa shape index (κ1) is 9.74. The first-order valence-corrected chi connectivity index (χ1v) is 5.27. The SMILES string of the molecule is OC1(C(F)(F)Br)CCCSC1. The zero-order valence-electron chi connectivity index (χ0n) is 5.82. The van der Waals surface area contributed by atoms with Gasteiger partial charge in [0.15, 0.2) is 0 Å². The van der Waals surface area contributed by atoms with E-state index < -0.39 is 10.4 Å². The Morgan fingerprint density at radius 2 is 2.18 bits per heavy atom. The van der Waals surface area contributed by atoms with Gasteiger partial charge in [-0.05, 0) is 34.5 Å². The summed E-state index contributed by atoms with van der Waals surface area (Å²) < 4.78 is 25.3. The van der Waals surface area contributed by atoms with Crippen LogP contribution in [0.1, 0.15) is 12.8 Å². The Kier molecular flexibility index (Phi) is 2.82. The van der Waals surface area contributed by atoms with Gasteiger partial charge in [-0.3, -0.25) is 0 Å². The number of alkyl halides is 3. The smallest absolute Gasteiger partial charge is 0.330 e. The lowest BCUT2D eigenvalue weighted by Crippen LogP contribution is -2.48. The molecule has 0 aliphatic carbocycles. The van der Waals surface area contributed by atoms with Gasteiger partial charge in [-0.25, -0.2) is 0 Å². The van der Waals surface area contributed by atoms with Crippen molar-refractivity contribution in [2.75, 3.05) is 11.5 Å². The maximum atomic E-state index is 12.6. The summed E-state index contributed by atoms with van der Waals surface area (Å²) in [5.74, 6) is 0.983. The lowest BCUT2D eigenvalue weighted by atomic mass is 10.0. The summed E-state index contributed by atoms with van der Waals surface area (Å²) in [4.78, 5) is -3.15. The molecule has 1 rings (SSSR count). The fourth-order valence-electron chi connectivity index (χ4n) is 1.00. The van der Waals surface area contributed by atoms with Crippen molar-refractivity contribution in [1.82, 2.24) is 0 Å². The van der Waals surface area contributed by atoms with E-state index in [1.165, 1.54) is 11.8 Å². The molecule has 1 aliphatic heterocycles. The van der Waals surface area contributed by atoms with Crippen molar-refractivity contribution >= 4 is 27.7 Å². The molecule has 1 fully saturated rings. The minimum atomic E-state index is -3.15. The molecular weight excluding hydrogens is 238 g/mol. The minimum Gasteiger partial charge on any atom is -0.382 e. The van der Waals surface area contributed by atoms with Crippen LogP contribution in [0, 0.1) is 0 Å². The summed E-state index contributed by atoms with van der Waals surface area (Å²) >= 11 is 3.57. The van der Waals surface area contributed by atoms with Crippen molar-refractivity contribution in [1.29, 1.82) is 0 Å². The van der Waals surface area contributed by atoms with Gasteiger partial charge in [0, 0.05) is 5.75 Å². The van der Waals surface area contributed by atoms with Crippen molar-refractivity contribution in [2.24, 2.45) is 0 Å². The average molecular weight is 247 g/mol. The van der Waals surface area contributed by atoms with Gasteiger partial charge in [-0.15, -0.1) is 0 Å². The fraction of sp³-hybridized carbons (Fsp3) is 1.00. The zero-order valence-corrected chi connectivity index (χ0v) is 8.22. The van der Waals surface area contributed by atoms with Crippen LogP contribution in [0.2, 0.25) is 0 Å². The van der Waals surface area contributed by atoms with Crippen LogP contribution in [0.3, 0.4) is 0 Å². The Balaban J connectivity index is 2.64. The molecule has 66 valence electrons. The quantitative estimate of drug-likeness (QED) is 0.717. The maximum absolute atomic E-state index is 12.6. The molecule has 5 heteroatoms. The van der Waals surface area contributed by atoms with Crippen LogP contribution in [0.4, 0.5) is 8.78 Å². The molecule has 0 saturated carbocycles. The van der Waals surface area contributed by atoms with Crippen molar-refractivity contribution in [3.63, 3.8) is 0 Å². The Morgan fingerprint density at radius 3 is 2.45 bits per heavy atom. The van der Waals surface area contributed by atoms with Crippen LogP contribution in [0.15, 0.2) is 0 Å². The molecule has 0 aromatic rings. The molecule has 0 bridgehead atoms. The molecule has 0 spiro atoms. The van der Waals surface area contributed by atoms with E-state index >= 15 is 0 Å². The number of hydrogen-bond acceptors (Lipinski definition) is 2. The second-order valence-corrected chi connectivity index (χ2v) is 4.79. The lowest BCUT2D eigenvalue weighted by Gasteiger charge is -2.34. The third-order valence-electron chi connectivity index (χ3n) is 1.75. The molecular formula is C6H9BrF2OS. The Labute approximate surface area is 76.7 Å². The highest BCUT2D eigenvalue weighted by atomic mass is 79.9. The van der Waals surface area contributed by atoms with Crippen molar-refractivity contribution in [3.8, 4) is 0 Å². The maximum Gasteiger partial charge on any atom is 0.330 e. The third kappa shape index (κ3) is 2.06. The summed E-state index contributed by atoms with van der Waals surface area (Å²) in [5, 5.41) is 9.39. The zero-order chi connectivity index (χ0) is 8.54. The number of thioether (sulfide) groups is 1. The summed E-state index contributed by atoms with van der Waals surface area (Å²) in [7, 11) is 0. The van der Waals surface area contributed by atoms with Crippen molar-refractivity contribution in [3.05, 3.63) is 0 Å². The van der Waals surface area contributed by atoms with Crippen molar-refractivity contribution < 1.29 is 13.9 Å². The molecule has 0 aromatic carbocycles. The highest BCUT2D eigenvalue weighted by Gasteiger charge is 2.50. The van der Waals surface area contributed by atoms with Crippen LogP contribution < -0.4 is 0 Å². The van der Waals surface area contributed by atoms with E-state index in [4.69, 9.17) is 0 Å². The predicted molar refractivity (Wildman–Crippen MR) is 45.4 cm³/mol. The minimum absolute atomic E-state index is 0.116. The molecule has 1 saturated heterocycles. The lowest BCUT2D eigenvalue weighted by molar-refractivity contribution is -0.106. The molecule has 1 nitrogen and oxygen atoms in total. The van der Waals surface area contributed by atoms with Crippen LogP contribution in [-0.2, 0) is 0 Å². The molecule has 11 heavy (non-hydrogen) atoms. The highest BCUT2D eigenvalue weighted by Crippen LogP contribution is 2.42. The van der Waals surface area contributed by atoms with Gasteiger partial charge in [-0.2, -0.15) is 20.5 Å². The van der Waals surface area contributed by atoms with E-state index in [-0.39, 0.29) is 12.2 Å². The van der Waals surface area contributed by atoms with Gasteiger partial charge < -0.3 is 5.11 Å². The summed E-state index contributed by atoms with van der Waals surface area (Å²) in [6.07, 6.45) is 0.834. The molecule has 1 aliphatic rings. The monoisotopic (exact) mass is 246 g/mol. The van der Waals surface area contributed by atoms with Gasteiger partial charge in [0.1, 0.15) is 5.60 Å². The Hall–Kier alpha value is 0.650.